The molecule has 1 aliphatic heterocycles. The van der Waals surface area contributed by atoms with E-state index in [1.165, 1.54) is 0 Å². The van der Waals surface area contributed by atoms with Gasteiger partial charge in [-0.3, -0.25) is 0 Å². The van der Waals surface area contributed by atoms with Gasteiger partial charge in [0.1, 0.15) is 5.69 Å². The molecule has 4 rings (SSSR count). The maximum Gasteiger partial charge on any atom is 0.200 e. The molecule has 2 aromatic carbocycles. The third-order valence-corrected chi connectivity index (χ3v) is 7.14. The van der Waals surface area contributed by atoms with Crippen LogP contribution in [-0.4, -0.2) is 31.5 Å². The normalized spacial score (nSPS) is 15.8. The second-order valence-electron chi connectivity index (χ2n) is 7.34. The Kier molecular flexibility index (Phi) is 5.20. The van der Waals surface area contributed by atoms with E-state index < -0.39 is 15.1 Å². The molecule has 1 aliphatic rings. The van der Waals surface area contributed by atoms with Gasteiger partial charge in [-0.05, 0) is 50.5 Å². The van der Waals surface area contributed by atoms with Crippen molar-refractivity contribution in [1.82, 2.24) is 9.97 Å². The summed E-state index contributed by atoms with van der Waals surface area (Å²) < 4.78 is 26.7. The third kappa shape index (κ3) is 3.68. The van der Waals surface area contributed by atoms with Gasteiger partial charge in [0.25, 0.3) is 0 Å². The minimum absolute atomic E-state index is 0.120. The second-order valence-corrected chi connectivity index (χ2v) is 9.37. The van der Waals surface area contributed by atoms with Gasteiger partial charge in [0.2, 0.25) is 9.84 Å². The van der Waals surface area contributed by atoms with Crippen molar-refractivity contribution in [2.75, 3.05) is 18.0 Å². The van der Waals surface area contributed by atoms with Gasteiger partial charge >= 0.3 is 0 Å². The average Bonchev–Trinajstić information content (AvgIpc) is 2.74. The fourth-order valence-corrected chi connectivity index (χ4v) is 5.04. The van der Waals surface area contributed by atoms with Crippen LogP contribution in [0.2, 0.25) is 0 Å². The summed E-state index contributed by atoms with van der Waals surface area (Å²) in [4.78, 5) is 11.5. The molecule has 3 aromatic rings. The first-order valence-electron chi connectivity index (χ1n) is 9.72. The number of nitrogens with zero attached hydrogens (tertiary/aromatic N) is 4. The quantitative estimate of drug-likeness (QED) is 0.652. The summed E-state index contributed by atoms with van der Waals surface area (Å²) >= 11 is 0. The van der Waals surface area contributed by atoms with E-state index in [-0.39, 0.29) is 10.6 Å². The lowest BCUT2D eigenvalue weighted by molar-refractivity contribution is 0.569. The van der Waals surface area contributed by atoms with Crippen LogP contribution < -0.4 is 4.90 Å². The van der Waals surface area contributed by atoms with Gasteiger partial charge in [-0.2, -0.15) is 5.26 Å². The lowest BCUT2D eigenvalue weighted by atomic mass is 10.1. The van der Waals surface area contributed by atoms with Crippen LogP contribution >= 0.6 is 0 Å². The molecule has 1 aromatic heterocycles. The van der Waals surface area contributed by atoms with Crippen molar-refractivity contribution in [1.29, 1.82) is 5.26 Å². The van der Waals surface area contributed by atoms with Gasteiger partial charge in [0.05, 0.1) is 22.0 Å². The highest BCUT2D eigenvalue weighted by molar-refractivity contribution is 7.92. The first-order valence-corrected chi connectivity index (χ1v) is 11.3. The zero-order chi connectivity index (χ0) is 20.4. The number of benzene rings is 2. The lowest BCUT2D eigenvalue weighted by Gasteiger charge is -2.30. The summed E-state index contributed by atoms with van der Waals surface area (Å²) in [5.41, 5.74) is 2.45. The van der Waals surface area contributed by atoms with Crippen LogP contribution in [0, 0.1) is 18.3 Å². The Balaban J connectivity index is 1.89. The number of fused-ring (bicyclic) bond motifs is 1. The predicted octanol–water partition coefficient (Wildman–Crippen LogP) is 3.97. The molecule has 0 spiro atoms. The zero-order valence-corrected chi connectivity index (χ0v) is 17.1. The average molecular weight is 407 g/mol. The van der Waals surface area contributed by atoms with Gasteiger partial charge in [0, 0.05) is 13.1 Å². The number of hydrogen-bond acceptors (Lipinski definition) is 6. The van der Waals surface area contributed by atoms with E-state index in [2.05, 4.69) is 9.88 Å². The number of piperidine rings is 1. The topological polar surface area (TPSA) is 86.9 Å². The Morgan fingerprint density at radius 3 is 2.21 bits per heavy atom. The highest BCUT2D eigenvalue weighted by Crippen LogP contribution is 2.34. The Labute approximate surface area is 170 Å². The number of nitriles is 1. The Morgan fingerprint density at radius 2 is 1.59 bits per heavy atom. The predicted molar refractivity (Wildman–Crippen MR) is 112 cm³/mol. The smallest absolute Gasteiger partial charge is 0.200 e. The third-order valence-electron chi connectivity index (χ3n) is 5.26. The number of sulfone groups is 1. The van der Waals surface area contributed by atoms with Crippen LogP contribution in [0.4, 0.5) is 5.82 Å². The molecule has 6 nitrogen and oxygen atoms in total. The largest absolute Gasteiger partial charge is 0.355 e. The monoisotopic (exact) mass is 406 g/mol. The van der Waals surface area contributed by atoms with Crippen molar-refractivity contribution in [3.05, 3.63) is 59.8 Å². The first kappa shape index (κ1) is 19.3. The summed E-state index contributed by atoms with van der Waals surface area (Å²) in [7, 11) is -3.94. The van der Waals surface area contributed by atoms with E-state index in [1.807, 2.05) is 31.2 Å². The van der Waals surface area contributed by atoms with E-state index >= 15 is 0 Å². The molecule has 0 unspecified atom stereocenters. The number of para-hydroxylation sites is 2. The molecule has 0 aliphatic carbocycles. The molecule has 0 bridgehead atoms. The van der Waals surface area contributed by atoms with E-state index in [0.717, 1.165) is 37.9 Å². The van der Waals surface area contributed by atoms with Gasteiger partial charge < -0.3 is 4.90 Å². The van der Waals surface area contributed by atoms with Crippen LogP contribution in [-0.2, 0) is 9.84 Å². The lowest BCUT2D eigenvalue weighted by Crippen LogP contribution is -2.32. The summed E-state index contributed by atoms with van der Waals surface area (Å²) in [6.07, 6.45) is 3.15. The Bertz CT molecular complexity index is 1180. The summed E-state index contributed by atoms with van der Waals surface area (Å²) in [6, 6.07) is 15.9. The van der Waals surface area contributed by atoms with Gasteiger partial charge in [0.15, 0.2) is 11.1 Å². The highest BCUT2D eigenvalue weighted by Gasteiger charge is 2.35. The highest BCUT2D eigenvalue weighted by atomic mass is 32.2. The molecule has 1 atom stereocenters. The SMILES string of the molecule is Cc1ccc(S(=O)(=O)[C@H](C#N)c2nc3ccccc3nc2N2CCCCC2)cc1. The van der Waals surface area contributed by atoms with Crippen molar-refractivity contribution in [2.24, 2.45) is 0 Å². The van der Waals surface area contributed by atoms with Crippen LogP contribution in [0.5, 0.6) is 0 Å². The van der Waals surface area contributed by atoms with Crippen LogP contribution in [0.3, 0.4) is 0 Å². The number of rotatable bonds is 4. The van der Waals surface area contributed by atoms with E-state index in [1.54, 1.807) is 30.3 Å². The zero-order valence-electron chi connectivity index (χ0n) is 16.2. The molecule has 1 fully saturated rings. The minimum atomic E-state index is -3.94. The Hall–Kier alpha value is -2.98. The van der Waals surface area contributed by atoms with E-state index in [0.29, 0.717) is 16.9 Å². The van der Waals surface area contributed by atoms with Gasteiger partial charge in [-0.15, -0.1) is 0 Å². The number of aryl methyl sites for hydroxylation is 1. The maximum atomic E-state index is 13.3. The molecule has 0 saturated carbocycles. The van der Waals surface area contributed by atoms with Crippen molar-refractivity contribution in [3.63, 3.8) is 0 Å². The van der Waals surface area contributed by atoms with Crippen LogP contribution in [0.15, 0.2) is 53.4 Å². The molecular formula is C22H22N4O2S. The van der Waals surface area contributed by atoms with Crippen molar-refractivity contribution in [3.8, 4) is 6.07 Å². The van der Waals surface area contributed by atoms with Crippen molar-refractivity contribution in [2.45, 2.75) is 36.3 Å². The van der Waals surface area contributed by atoms with Crippen molar-refractivity contribution >= 4 is 26.7 Å². The molecule has 0 amide bonds. The number of hydrogen-bond donors (Lipinski definition) is 0. The van der Waals surface area contributed by atoms with Gasteiger partial charge in [-0.25, -0.2) is 18.4 Å². The molecular weight excluding hydrogens is 384 g/mol. The van der Waals surface area contributed by atoms with Crippen LogP contribution in [0.1, 0.15) is 35.8 Å². The molecule has 7 heteroatoms. The number of anilines is 1. The van der Waals surface area contributed by atoms with Crippen LogP contribution in [0.25, 0.3) is 11.0 Å². The van der Waals surface area contributed by atoms with E-state index in [9.17, 15) is 13.7 Å². The maximum absolute atomic E-state index is 13.3. The Morgan fingerprint density at radius 1 is 0.966 bits per heavy atom. The van der Waals surface area contributed by atoms with Crippen molar-refractivity contribution < 1.29 is 8.42 Å². The molecule has 2 heterocycles. The molecule has 1 saturated heterocycles. The van der Waals surface area contributed by atoms with E-state index in [4.69, 9.17) is 4.98 Å². The minimum Gasteiger partial charge on any atom is -0.355 e. The van der Waals surface area contributed by atoms with Gasteiger partial charge in [-0.1, -0.05) is 29.8 Å². The standard InChI is InChI=1S/C22H22N4O2S/c1-16-9-11-17(12-10-16)29(27,28)20(15-23)21-22(26-13-5-2-6-14-26)25-19-8-4-3-7-18(19)24-21/h3-4,7-12,20H,2,5-6,13-14H2,1H3/t20-/m1/s1. The fraction of sp³-hybridized carbons (Fsp3) is 0.318. The molecule has 148 valence electrons. The first-order chi connectivity index (χ1) is 14.0. The number of aromatic nitrogens is 2. The molecule has 0 radical (unpaired) electrons. The molecule has 0 N–H and O–H groups in total. The summed E-state index contributed by atoms with van der Waals surface area (Å²) in [5.74, 6) is 0.505. The summed E-state index contributed by atoms with van der Waals surface area (Å²) in [5, 5.41) is 8.49. The fourth-order valence-electron chi connectivity index (χ4n) is 3.66. The second kappa shape index (κ2) is 7.80. The molecule has 29 heavy (non-hydrogen) atoms. The summed E-state index contributed by atoms with van der Waals surface area (Å²) in [6.45, 7) is 3.45.